The number of aromatic nitrogens is 3. The van der Waals surface area contributed by atoms with Crippen LogP contribution in [0.2, 0.25) is 0 Å². The topological polar surface area (TPSA) is 132 Å². The minimum atomic E-state index is -1.70. The van der Waals surface area contributed by atoms with Crippen LogP contribution in [0, 0.1) is 29.4 Å². The Morgan fingerprint density at radius 2 is 1.64 bits per heavy atom. The molecule has 2 saturated carbocycles. The van der Waals surface area contributed by atoms with Crippen LogP contribution in [-0.4, -0.2) is 49.6 Å². The van der Waals surface area contributed by atoms with Crippen molar-refractivity contribution in [1.29, 1.82) is 0 Å². The number of benzene rings is 2. The van der Waals surface area contributed by atoms with Gasteiger partial charge in [0.25, 0.3) is 0 Å². The van der Waals surface area contributed by atoms with Gasteiger partial charge in [-0.15, -0.1) is 0 Å². The molecule has 1 heterocycles. The lowest BCUT2D eigenvalue weighted by Gasteiger charge is -2.33. The molecule has 5 atom stereocenters. The molecular weight excluding hydrogens is 570 g/mol. The predicted molar refractivity (Wildman–Crippen MR) is 146 cm³/mol. The van der Waals surface area contributed by atoms with Crippen molar-refractivity contribution in [2.24, 2.45) is 17.8 Å². The van der Waals surface area contributed by atoms with Crippen molar-refractivity contribution < 1.29 is 37.4 Å². The van der Waals surface area contributed by atoms with Gasteiger partial charge in [0.05, 0.1) is 5.92 Å². The zero-order valence-electron chi connectivity index (χ0n) is 23.1. The van der Waals surface area contributed by atoms with Gasteiger partial charge in [-0.05, 0) is 45.2 Å². The number of fused-ring (bicyclic) bond motifs is 1. The summed E-state index contributed by atoms with van der Waals surface area (Å²) >= 11 is 1.27. The standard InChI is InChI=1S/C29H30F2N4O6S/c1-28(2,3)41-27(38)34-29(25(37)40-14-17-9-5-7-11-19(17)31)12-20(42-26-32-15-33-35-26)21-22(23(21)29)24(36)39-13-16-8-4-6-10-18(16)30/h4-11,15,20-23H,12-14H2,1-3H3,(H,34,38)(H,32,33,35). The average Bonchev–Trinajstić information content (AvgIpc) is 3.32. The lowest BCUT2D eigenvalue weighted by atomic mass is 9.90. The summed E-state index contributed by atoms with van der Waals surface area (Å²) in [4.78, 5) is 44.4. The molecule has 1 amide bonds. The van der Waals surface area contributed by atoms with Gasteiger partial charge in [-0.2, -0.15) is 5.10 Å². The number of ether oxygens (including phenoxy) is 3. The van der Waals surface area contributed by atoms with Crippen LogP contribution in [0.25, 0.3) is 0 Å². The Morgan fingerprint density at radius 3 is 2.21 bits per heavy atom. The van der Waals surface area contributed by atoms with Gasteiger partial charge in [-0.25, -0.2) is 23.4 Å². The first-order valence-corrected chi connectivity index (χ1v) is 14.2. The van der Waals surface area contributed by atoms with Gasteiger partial charge >= 0.3 is 18.0 Å². The van der Waals surface area contributed by atoms with E-state index in [0.29, 0.717) is 5.16 Å². The molecule has 5 unspecified atom stereocenters. The van der Waals surface area contributed by atoms with Crippen molar-refractivity contribution in [2.75, 3.05) is 0 Å². The summed E-state index contributed by atoms with van der Waals surface area (Å²) in [6.45, 7) is 4.34. The first-order valence-electron chi connectivity index (χ1n) is 13.3. The van der Waals surface area contributed by atoms with Crippen molar-refractivity contribution in [3.8, 4) is 0 Å². The second-order valence-electron chi connectivity index (χ2n) is 11.2. The molecule has 13 heteroatoms. The van der Waals surface area contributed by atoms with E-state index in [1.165, 1.54) is 54.5 Å². The maximum Gasteiger partial charge on any atom is 0.408 e. The van der Waals surface area contributed by atoms with E-state index in [-0.39, 0.29) is 30.8 Å². The molecular formula is C29H30F2N4O6S. The summed E-state index contributed by atoms with van der Waals surface area (Å²) < 4.78 is 45.0. The van der Waals surface area contributed by atoms with Crippen LogP contribution >= 0.6 is 11.8 Å². The zero-order chi connectivity index (χ0) is 30.1. The fraction of sp³-hybridized carbons (Fsp3) is 0.414. The van der Waals surface area contributed by atoms with E-state index in [2.05, 4.69) is 20.5 Å². The third-order valence-electron chi connectivity index (χ3n) is 7.26. The molecule has 222 valence electrons. The number of thioether (sulfide) groups is 1. The number of esters is 2. The van der Waals surface area contributed by atoms with Crippen LogP contribution in [0.15, 0.2) is 60.0 Å². The van der Waals surface area contributed by atoms with E-state index in [1.807, 2.05) is 0 Å². The first kappa shape index (κ1) is 29.5. The summed E-state index contributed by atoms with van der Waals surface area (Å²) in [5.41, 5.74) is -2.23. The molecule has 2 aliphatic carbocycles. The number of nitrogens with one attached hydrogen (secondary N) is 2. The minimum absolute atomic E-state index is 0.0696. The number of rotatable bonds is 9. The number of H-pyrrole nitrogens is 1. The van der Waals surface area contributed by atoms with Crippen LogP contribution in [0.4, 0.5) is 13.6 Å². The van der Waals surface area contributed by atoms with Gasteiger partial charge in [0, 0.05) is 22.3 Å². The average molecular weight is 601 g/mol. The van der Waals surface area contributed by atoms with Crippen LogP contribution < -0.4 is 5.32 Å². The number of amides is 1. The smallest absolute Gasteiger partial charge is 0.408 e. The molecule has 0 spiro atoms. The lowest BCUT2D eigenvalue weighted by Crippen LogP contribution is -2.58. The summed E-state index contributed by atoms with van der Waals surface area (Å²) in [6, 6.07) is 11.8. The van der Waals surface area contributed by atoms with Crippen LogP contribution in [0.5, 0.6) is 0 Å². The molecule has 0 bridgehead atoms. The normalized spacial score (nSPS) is 24.4. The fourth-order valence-electron chi connectivity index (χ4n) is 5.48. The zero-order valence-corrected chi connectivity index (χ0v) is 24.0. The Labute approximate surface area is 244 Å². The highest BCUT2D eigenvalue weighted by Gasteiger charge is 2.76. The molecule has 1 aromatic heterocycles. The number of carbonyl (C=O) groups excluding carboxylic acids is 3. The molecule has 42 heavy (non-hydrogen) atoms. The maximum atomic E-state index is 14.3. The molecule has 2 aromatic carbocycles. The molecule has 3 aromatic rings. The quantitative estimate of drug-likeness (QED) is 0.268. The monoisotopic (exact) mass is 600 g/mol. The van der Waals surface area contributed by atoms with E-state index in [4.69, 9.17) is 14.2 Å². The Hall–Kier alpha value is -4.00. The Morgan fingerprint density at radius 1 is 1.02 bits per heavy atom. The van der Waals surface area contributed by atoms with Crippen molar-refractivity contribution in [3.05, 3.63) is 77.6 Å². The van der Waals surface area contributed by atoms with Gasteiger partial charge in [0.15, 0.2) is 5.16 Å². The number of halogens is 2. The van der Waals surface area contributed by atoms with E-state index in [1.54, 1.807) is 32.9 Å². The van der Waals surface area contributed by atoms with Gasteiger partial charge in [0.1, 0.15) is 42.3 Å². The Balaban J connectivity index is 1.43. The molecule has 0 radical (unpaired) electrons. The fourth-order valence-corrected chi connectivity index (χ4v) is 6.82. The molecule has 5 rings (SSSR count). The van der Waals surface area contributed by atoms with Gasteiger partial charge < -0.3 is 19.5 Å². The van der Waals surface area contributed by atoms with Crippen molar-refractivity contribution in [3.63, 3.8) is 0 Å². The predicted octanol–water partition coefficient (Wildman–Crippen LogP) is 4.56. The highest BCUT2D eigenvalue weighted by Crippen LogP contribution is 2.66. The van der Waals surface area contributed by atoms with E-state index < -0.39 is 63.8 Å². The lowest BCUT2D eigenvalue weighted by molar-refractivity contribution is -0.155. The molecule has 0 saturated heterocycles. The number of hydrogen-bond acceptors (Lipinski definition) is 9. The Bertz CT molecular complexity index is 1470. The molecule has 2 fully saturated rings. The minimum Gasteiger partial charge on any atom is -0.460 e. The van der Waals surface area contributed by atoms with Crippen LogP contribution in [0.1, 0.15) is 38.3 Å². The second-order valence-corrected chi connectivity index (χ2v) is 12.5. The molecule has 2 N–H and O–H groups in total. The van der Waals surface area contributed by atoms with Gasteiger partial charge in [0.2, 0.25) is 0 Å². The largest absolute Gasteiger partial charge is 0.460 e. The first-order chi connectivity index (χ1) is 20.0. The number of alkyl carbamates (subject to hydrolysis) is 1. The van der Waals surface area contributed by atoms with E-state index >= 15 is 0 Å². The number of nitrogens with zero attached hydrogens (tertiary/aromatic N) is 2. The van der Waals surface area contributed by atoms with Crippen molar-refractivity contribution in [1.82, 2.24) is 20.5 Å². The number of carbonyl (C=O) groups is 3. The molecule has 0 aliphatic heterocycles. The summed E-state index contributed by atoms with van der Waals surface area (Å²) in [7, 11) is 0. The molecule has 2 aliphatic rings. The van der Waals surface area contributed by atoms with E-state index in [0.717, 1.165) is 0 Å². The summed E-state index contributed by atoms with van der Waals surface area (Å²) in [6.07, 6.45) is 0.524. The summed E-state index contributed by atoms with van der Waals surface area (Å²) in [5.74, 6) is -4.52. The van der Waals surface area contributed by atoms with Gasteiger partial charge in [-0.1, -0.05) is 48.2 Å². The third-order valence-corrected chi connectivity index (χ3v) is 8.46. The van der Waals surface area contributed by atoms with Crippen LogP contribution in [-0.2, 0) is 37.0 Å². The summed E-state index contributed by atoms with van der Waals surface area (Å²) in [5, 5.41) is 9.38. The third kappa shape index (κ3) is 6.25. The Kier molecular flexibility index (Phi) is 8.22. The van der Waals surface area contributed by atoms with E-state index in [9.17, 15) is 23.2 Å². The SMILES string of the molecule is CC(C)(C)OC(=O)NC1(C(=O)OCc2ccccc2F)CC(Sc2ncn[nH]2)C2C(C(=O)OCc3ccccc3F)C21. The maximum absolute atomic E-state index is 14.3. The molecule has 10 nitrogen and oxygen atoms in total. The highest BCUT2D eigenvalue weighted by atomic mass is 32.2. The second kappa shape index (κ2) is 11.7. The van der Waals surface area contributed by atoms with Crippen molar-refractivity contribution in [2.45, 2.75) is 62.0 Å². The highest BCUT2D eigenvalue weighted by molar-refractivity contribution is 7.99. The van der Waals surface area contributed by atoms with Crippen LogP contribution in [0.3, 0.4) is 0 Å². The van der Waals surface area contributed by atoms with Gasteiger partial charge in [-0.3, -0.25) is 9.89 Å². The number of aromatic amines is 1. The number of hydrogen-bond donors (Lipinski definition) is 2. The van der Waals surface area contributed by atoms with Crippen molar-refractivity contribution >= 4 is 29.8 Å².